The van der Waals surface area contributed by atoms with E-state index in [9.17, 15) is 31.7 Å². The molecule has 0 aliphatic heterocycles. The zero-order chi connectivity index (χ0) is 24.9. The van der Waals surface area contributed by atoms with Gasteiger partial charge in [0.2, 0.25) is 0 Å². The number of rotatable bonds is 8. The summed E-state index contributed by atoms with van der Waals surface area (Å²) in [7, 11) is -3.08. The van der Waals surface area contributed by atoms with E-state index in [1.54, 1.807) is 12.1 Å². The van der Waals surface area contributed by atoms with Gasteiger partial charge in [0.1, 0.15) is 10.6 Å². The third kappa shape index (κ3) is 5.61. The molecule has 0 aromatic heterocycles. The second kappa shape index (κ2) is 9.79. The van der Waals surface area contributed by atoms with Crippen LogP contribution in [0.5, 0.6) is 5.75 Å². The number of halogens is 3. The number of ether oxygens (including phenoxy) is 1. The summed E-state index contributed by atoms with van der Waals surface area (Å²) in [5.74, 6) is 0.202. The molecule has 13 heteroatoms. The summed E-state index contributed by atoms with van der Waals surface area (Å²) in [6.07, 6.45) is -3.75. The third-order valence-corrected chi connectivity index (χ3v) is 5.88. The maximum absolute atomic E-state index is 13.2. The first-order chi connectivity index (χ1) is 16.0. The average Bonchev–Trinajstić information content (AvgIpc) is 2.79. The minimum absolute atomic E-state index is 0.0741. The van der Waals surface area contributed by atoms with Gasteiger partial charge in [-0.25, -0.2) is 8.42 Å². The molecule has 178 valence electrons. The Morgan fingerprint density at radius 3 is 2.38 bits per heavy atom. The molecule has 0 bridgehead atoms. The van der Waals surface area contributed by atoms with Gasteiger partial charge in [-0.15, -0.1) is 0 Å². The number of nitro groups is 1. The van der Waals surface area contributed by atoms with Crippen LogP contribution in [-0.4, -0.2) is 26.7 Å². The lowest BCUT2D eigenvalue weighted by Gasteiger charge is -2.14. The number of hydrogen-bond acceptors (Lipinski definition) is 7. The summed E-state index contributed by atoms with van der Waals surface area (Å²) in [5, 5.41) is 14.9. The van der Waals surface area contributed by atoms with Crippen molar-refractivity contribution in [2.75, 3.05) is 17.3 Å². The van der Waals surface area contributed by atoms with Gasteiger partial charge in [-0.1, -0.05) is 30.3 Å². The van der Waals surface area contributed by atoms with Crippen molar-refractivity contribution in [3.8, 4) is 5.75 Å². The fourth-order valence-electron chi connectivity index (χ4n) is 2.91. The minimum Gasteiger partial charge on any atom is -0.495 e. The van der Waals surface area contributed by atoms with Gasteiger partial charge < -0.3 is 4.74 Å². The van der Waals surface area contributed by atoms with Crippen LogP contribution in [0.3, 0.4) is 0 Å². The van der Waals surface area contributed by atoms with E-state index in [-0.39, 0.29) is 22.7 Å². The first-order valence-corrected chi connectivity index (χ1v) is 10.9. The van der Waals surface area contributed by atoms with Crippen LogP contribution in [0, 0.1) is 10.1 Å². The minimum atomic E-state index is -4.62. The molecular formula is C21H17F3N4O5S. The van der Waals surface area contributed by atoms with E-state index >= 15 is 0 Å². The van der Waals surface area contributed by atoms with Gasteiger partial charge in [-0.05, 0) is 24.3 Å². The van der Waals surface area contributed by atoms with Crippen molar-refractivity contribution >= 4 is 33.3 Å². The summed E-state index contributed by atoms with van der Waals surface area (Å²) >= 11 is 0. The van der Waals surface area contributed by atoms with Crippen molar-refractivity contribution in [3.63, 3.8) is 0 Å². The van der Waals surface area contributed by atoms with Crippen molar-refractivity contribution in [2.45, 2.75) is 11.1 Å². The van der Waals surface area contributed by atoms with E-state index in [4.69, 9.17) is 4.74 Å². The van der Waals surface area contributed by atoms with Crippen LogP contribution in [-0.2, 0) is 16.2 Å². The van der Waals surface area contributed by atoms with Gasteiger partial charge in [-0.3, -0.25) is 20.3 Å². The van der Waals surface area contributed by atoms with Crippen LogP contribution < -0.4 is 14.9 Å². The molecule has 0 heterocycles. The molecule has 0 aliphatic carbocycles. The number of alkyl halides is 3. The Hall–Kier alpha value is -4.13. The molecule has 0 aliphatic rings. The second-order valence-electron chi connectivity index (χ2n) is 6.70. The molecule has 0 fully saturated rings. The second-order valence-corrected chi connectivity index (χ2v) is 8.35. The Labute approximate surface area is 192 Å². The van der Waals surface area contributed by atoms with Crippen LogP contribution >= 0.6 is 0 Å². The van der Waals surface area contributed by atoms with Crippen LogP contribution in [0.25, 0.3) is 0 Å². The molecule has 0 amide bonds. The maximum atomic E-state index is 13.2. The Kier molecular flexibility index (Phi) is 7.05. The Bertz CT molecular complexity index is 1340. The highest BCUT2D eigenvalue weighted by atomic mass is 32.2. The Balaban J connectivity index is 1.98. The summed E-state index contributed by atoms with van der Waals surface area (Å²) in [5.41, 5.74) is 0.515. The first kappa shape index (κ1) is 24.5. The van der Waals surface area contributed by atoms with Gasteiger partial charge in [0.25, 0.3) is 15.7 Å². The molecule has 3 aromatic rings. The SMILES string of the molecule is COc1ccccc1NS(=O)(=O)c1cc([N+](=O)[O-])ccc1NN=Cc1ccccc1C(F)(F)F. The number of nitrogens with zero attached hydrogens (tertiary/aromatic N) is 2. The number of hydrogen-bond donors (Lipinski definition) is 2. The van der Waals surface area contributed by atoms with Gasteiger partial charge in [0.05, 0.1) is 35.2 Å². The lowest BCUT2D eigenvalue weighted by molar-refractivity contribution is -0.385. The van der Waals surface area contributed by atoms with Gasteiger partial charge in [0.15, 0.2) is 0 Å². The van der Waals surface area contributed by atoms with Crippen molar-refractivity contribution in [2.24, 2.45) is 5.10 Å². The van der Waals surface area contributed by atoms with Crippen molar-refractivity contribution in [1.29, 1.82) is 0 Å². The van der Waals surface area contributed by atoms with Crippen molar-refractivity contribution in [3.05, 3.63) is 88.0 Å². The molecule has 3 aromatic carbocycles. The van der Waals surface area contributed by atoms with Gasteiger partial charge in [-0.2, -0.15) is 18.3 Å². The highest BCUT2D eigenvalue weighted by Gasteiger charge is 2.32. The normalized spacial score (nSPS) is 11.9. The summed E-state index contributed by atoms with van der Waals surface area (Å²) in [6, 6.07) is 13.7. The zero-order valence-corrected chi connectivity index (χ0v) is 18.2. The summed E-state index contributed by atoms with van der Waals surface area (Å²) in [6.45, 7) is 0. The molecule has 0 radical (unpaired) electrons. The van der Waals surface area contributed by atoms with E-state index in [1.165, 1.54) is 37.4 Å². The van der Waals surface area contributed by atoms with Crippen LogP contribution in [0.2, 0.25) is 0 Å². The molecule has 34 heavy (non-hydrogen) atoms. The average molecular weight is 494 g/mol. The standard InChI is InChI=1S/C21H17F3N4O5S/c1-33-19-9-5-4-8-17(19)27-34(31,32)20-12-15(28(29)30)10-11-18(20)26-25-13-14-6-2-3-7-16(14)21(22,23)24/h2-13,26-27H,1H3. The van der Waals surface area contributed by atoms with Crippen LogP contribution in [0.15, 0.2) is 76.7 Å². The van der Waals surface area contributed by atoms with E-state index in [0.29, 0.717) is 0 Å². The highest BCUT2D eigenvalue weighted by molar-refractivity contribution is 7.93. The fraction of sp³-hybridized carbons (Fsp3) is 0.0952. The molecule has 0 saturated heterocycles. The van der Waals surface area contributed by atoms with E-state index in [1.807, 2.05) is 0 Å². The van der Waals surface area contributed by atoms with E-state index < -0.39 is 37.3 Å². The molecule has 0 unspecified atom stereocenters. The summed E-state index contributed by atoms with van der Waals surface area (Å²) in [4.78, 5) is 9.86. The number of sulfonamides is 1. The molecule has 9 nitrogen and oxygen atoms in total. The topological polar surface area (TPSA) is 123 Å². The lowest BCUT2D eigenvalue weighted by Crippen LogP contribution is -2.15. The smallest absolute Gasteiger partial charge is 0.417 e. The molecule has 3 rings (SSSR count). The Morgan fingerprint density at radius 1 is 1.03 bits per heavy atom. The number of hydrazone groups is 1. The third-order valence-electron chi connectivity index (χ3n) is 4.47. The predicted octanol–water partition coefficient (Wildman–Crippen LogP) is 4.87. The van der Waals surface area contributed by atoms with E-state index in [0.717, 1.165) is 30.5 Å². The molecular weight excluding hydrogens is 477 g/mol. The molecule has 2 N–H and O–H groups in total. The number of methoxy groups -OCH3 is 1. The number of para-hydroxylation sites is 2. The van der Waals surface area contributed by atoms with Crippen molar-refractivity contribution < 1.29 is 31.2 Å². The van der Waals surface area contributed by atoms with Gasteiger partial charge in [0, 0.05) is 17.7 Å². The maximum Gasteiger partial charge on any atom is 0.417 e. The number of benzene rings is 3. The number of non-ortho nitro benzene ring substituents is 1. The lowest BCUT2D eigenvalue weighted by atomic mass is 10.1. The summed E-state index contributed by atoms with van der Waals surface area (Å²) < 4.78 is 73.0. The number of anilines is 2. The highest BCUT2D eigenvalue weighted by Crippen LogP contribution is 2.32. The van der Waals surface area contributed by atoms with Crippen LogP contribution in [0.1, 0.15) is 11.1 Å². The number of nitrogens with one attached hydrogen (secondary N) is 2. The Morgan fingerprint density at radius 2 is 1.71 bits per heavy atom. The van der Waals surface area contributed by atoms with Crippen LogP contribution in [0.4, 0.5) is 30.2 Å². The first-order valence-electron chi connectivity index (χ1n) is 9.42. The van der Waals surface area contributed by atoms with E-state index in [2.05, 4.69) is 15.2 Å². The molecule has 0 saturated carbocycles. The number of nitro benzene ring substituents is 1. The largest absolute Gasteiger partial charge is 0.495 e. The zero-order valence-electron chi connectivity index (χ0n) is 17.4. The van der Waals surface area contributed by atoms with Crippen molar-refractivity contribution in [1.82, 2.24) is 0 Å². The predicted molar refractivity (Wildman–Crippen MR) is 120 cm³/mol. The molecule has 0 spiro atoms. The molecule has 0 atom stereocenters. The van der Waals surface area contributed by atoms with Gasteiger partial charge >= 0.3 is 6.18 Å². The quantitative estimate of drug-likeness (QED) is 0.262. The fourth-order valence-corrected chi connectivity index (χ4v) is 4.15. The monoisotopic (exact) mass is 494 g/mol.